The molecule has 4 heterocycles. The van der Waals surface area contributed by atoms with Crippen LogP contribution in [0, 0.1) is 0 Å². The lowest BCUT2D eigenvalue weighted by atomic mass is 10.1. The van der Waals surface area contributed by atoms with Crippen molar-refractivity contribution >= 4 is 18.3 Å². The van der Waals surface area contributed by atoms with Crippen molar-refractivity contribution in [3.8, 4) is 0 Å². The Morgan fingerprint density at radius 3 is 3.10 bits per heavy atom. The second-order valence-corrected chi connectivity index (χ2v) is 6.04. The van der Waals surface area contributed by atoms with Gasteiger partial charge in [-0.15, -0.1) is 12.4 Å². The number of nitrogens with zero attached hydrogens (tertiary/aromatic N) is 3. The fourth-order valence-electron chi connectivity index (χ4n) is 3.73. The maximum absolute atomic E-state index is 12.7. The highest BCUT2D eigenvalue weighted by Crippen LogP contribution is 2.23. The molecule has 0 aromatic carbocycles. The highest BCUT2D eigenvalue weighted by atomic mass is 35.5. The molecule has 116 valence electrons. The van der Waals surface area contributed by atoms with Crippen molar-refractivity contribution in [2.24, 2.45) is 0 Å². The first-order valence-electron chi connectivity index (χ1n) is 7.63. The molecule has 0 radical (unpaired) electrons. The number of rotatable bonds is 1. The average Bonchev–Trinajstić information content (AvgIpc) is 3.12. The summed E-state index contributed by atoms with van der Waals surface area (Å²) < 4.78 is 0. The minimum absolute atomic E-state index is 0. The molecule has 2 saturated heterocycles. The molecule has 0 saturated carbocycles. The van der Waals surface area contributed by atoms with Gasteiger partial charge >= 0.3 is 0 Å². The standard InChI is InChI=1S/C14H21N5O.ClH/c20-14(13-11-8-15-4-3-12(11)16-17-13)19-7-6-18-5-1-2-10(18)9-19;/h10,15H,1-9H2,(H,16,17);1H. The van der Waals surface area contributed by atoms with E-state index in [9.17, 15) is 4.79 Å². The van der Waals surface area contributed by atoms with Gasteiger partial charge in [0.05, 0.1) is 0 Å². The van der Waals surface area contributed by atoms with Crippen molar-refractivity contribution in [1.29, 1.82) is 0 Å². The number of halogens is 1. The van der Waals surface area contributed by atoms with Crippen LogP contribution in [0.15, 0.2) is 0 Å². The molecule has 6 nitrogen and oxygen atoms in total. The summed E-state index contributed by atoms with van der Waals surface area (Å²) in [7, 11) is 0. The van der Waals surface area contributed by atoms with Crippen LogP contribution >= 0.6 is 12.4 Å². The van der Waals surface area contributed by atoms with Crippen LogP contribution in [-0.4, -0.2) is 64.7 Å². The SMILES string of the molecule is Cl.O=C(c1n[nH]c2c1CNCC2)N1CCN2CCCC2C1. The molecule has 1 atom stereocenters. The highest BCUT2D eigenvalue weighted by Gasteiger charge is 2.34. The van der Waals surface area contributed by atoms with Crippen molar-refractivity contribution in [2.45, 2.75) is 31.8 Å². The van der Waals surface area contributed by atoms with Gasteiger partial charge in [0.2, 0.25) is 0 Å². The number of nitrogens with one attached hydrogen (secondary N) is 2. The average molecular weight is 312 g/mol. The van der Waals surface area contributed by atoms with Gasteiger partial charge in [-0.3, -0.25) is 14.8 Å². The number of aromatic amines is 1. The summed E-state index contributed by atoms with van der Waals surface area (Å²) in [6, 6.07) is 0.570. The molecule has 1 aromatic heterocycles. The second-order valence-electron chi connectivity index (χ2n) is 6.04. The van der Waals surface area contributed by atoms with Gasteiger partial charge in [-0.05, 0) is 19.4 Å². The van der Waals surface area contributed by atoms with Crippen molar-refractivity contribution in [2.75, 3.05) is 32.7 Å². The number of hydrogen-bond acceptors (Lipinski definition) is 4. The maximum atomic E-state index is 12.7. The molecule has 3 aliphatic heterocycles. The smallest absolute Gasteiger partial charge is 0.274 e. The number of H-pyrrole nitrogens is 1. The van der Waals surface area contributed by atoms with E-state index in [0.717, 1.165) is 50.4 Å². The molecule has 0 aliphatic carbocycles. The molecule has 2 fully saturated rings. The van der Waals surface area contributed by atoms with Gasteiger partial charge in [0.1, 0.15) is 0 Å². The third-order valence-corrected chi connectivity index (χ3v) is 4.88. The lowest BCUT2D eigenvalue weighted by Gasteiger charge is -2.37. The molecule has 4 rings (SSSR count). The van der Waals surface area contributed by atoms with Crippen molar-refractivity contribution in [3.63, 3.8) is 0 Å². The largest absolute Gasteiger partial charge is 0.334 e. The van der Waals surface area contributed by atoms with E-state index in [2.05, 4.69) is 20.4 Å². The first kappa shape index (κ1) is 14.8. The zero-order chi connectivity index (χ0) is 13.5. The zero-order valence-electron chi connectivity index (χ0n) is 12.1. The highest BCUT2D eigenvalue weighted by molar-refractivity contribution is 5.94. The Morgan fingerprint density at radius 2 is 2.19 bits per heavy atom. The van der Waals surface area contributed by atoms with Gasteiger partial charge < -0.3 is 10.2 Å². The monoisotopic (exact) mass is 311 g/mol. The van der Waals surface area contributed by atoms with Gasteiger partial charge in [0, 0.05) is 56.4 Å². The van der Waals surface area contributed by atoms with Crippen molar-refractivity contribution in [1.82, 2.24) is 25.3 Å². The quantitative estimate of drug-likeness (QED) is 0.788. The van der Waals surface area contributed by atoms with Crippen LogP contribution in [0.25, 0.3) is 0 Å². The minimum atomic E-state index is 0. The number of carbonyl (C=O) groups excluding carboxylic acids is 1. The van der Waals surface area contributed by atoms with Gasteiger partial charge in [-0.2, -0.15) is 5.10 Å². The second kappa shape index (κ2) is 5.94. The molecular formula is C14H22ClN5O. The van der Waals surface area contributed by atoms with E-state index in [1.807, 2.05) is 4.90 Å². The summed E-state index contributed by atoms with van der Waals surface area (Å²) in [4.78, 5) is 17.2. The summed E-state index contributed by atoms with van der Waals surface area (Å²) >= 11 is 0. The number of fused-ring (bicyclic) bond motifs is 2. The molecule has 1 aromatic rings. The van der Waals surface area contributed by atoms with Crippen LogP contribution < -0.4 is 5.32 Å². The van der Waals surface area contributed by atoms with Gasteiger partial charge in [0.25, 0.3) is 5.91 Å². The van der Waals surface area contributed by atoms with E-state index in [0.29, 0.717) is 11.7 Å². The summed E-state index contributed by atoms with van der Waals surface area (Å²) in [5.41, 5.74) is 2.85. The van der Waals surface area contributed by atoms with E-state index in [1.54, 1.807) is 0 Å². The minimum Gasteiger partial charge on any atom is -0.334 e. The summed E-state index contributed by atoms with van der Waals surface area (Å²) in [6.45, 7) is 5.65. The third kappa shape index (κ3) is 2.56. The van der Waals surface area contributed by atoms with Crippen LogP contribution in [0.4, 0.5) is 0 Å². The number of hydrogen-bond donors (Lipinski definition) is 2. The summed E-state index contributed by atoms with van der Waals surface area (Å²) in [6.07, 6.45) is 3.43. The molecule has 0 bridgehead atoms. The lowest BCUT2D eigenvalue weighted by Crippen LogP contribution is -2.52. The topological polar surface area (TPSA) is 64.3 Å². The van der Waals surface area contributed by atoms with Crippen LogP contribution in [0.1, 0.15) is 34.6 Å². The van der Waals surface area contributed by atoms with E-state index in [4.69, 9.17) is 0 Å². The molecule has 7 heteroatoms. The first-order valence-corrected chi connectivity index (χ1v) is 7.63. The summed E-state index contributed by atoms with van der Waals surface area (Å²) in [5, 5.41) is 10.7. The predicted octanol–water partition coefficient (Wildman–Crippen LogP) is 0.397. The van der Waals surface area contributed by atoms with Gasteiger partial charge in [0.15, 0.2) is 5.69 Å². The third-order valence-electron chi connectivity index (χ3n) is 4.88. The molecule has 21 heavy (non-hydrogen) atoms. The number of carbonyl (C=O) groups is 1. The van der Waals surface area contributed by atoms with Crippen LogP contribution in [-0.2, 0) is 13.0 Å². The lowest BCUT2D eigenvalue weighted by molar-refractivity contribution is 0.0564. The van der Waals surface area contributed by atoms with Gasteiger partial charge in [-0.25, -0.2) is 0 Å². The molecule has 1 unspecified atom stereocenters. The van der Waals surface area contributed by atoms with E-state index in [-0.39, 0.29) is 18.3 Å². The zero-order valence-corrected chi connectivity index (χ0v) is 12.9. The number of aromatic nitrogens is 2. The first-order chi connectivity index (χ1) is 9.83. The molecular weight excluding hydrogens is 290 g/mol. The Morgan fingerprint density at radius 1 is 1.29 bits per heavy atom. The van der Waals surface area contributed by atoms with Crippen molar-refractivity contribution < 1.29 is 4.79 Å². The Kier molecular flexibility index (Phi) is 4.19. The van der Waals surface area contributed by atoms with Crippen LogP contribution in [0.5, 0.6) is 0 Å². The summed E-state index contributed by atoms with van der Waals surface area (Å²) in [5.74, 6) is 0.109. The molecule has 1 amide bonds. The van der Waals surface area contributed by atoms with E-state index in [1.165, 1.54) is 19.4 Å². The molecule has 2 N–H and O–H groups in total. The number of piperazine rings is 1. The Hall–Kier alpha value is -1.11. The molecule has 0 spiro atoms. The Bertz CT molecular complexity index is 531. The fraction of sp³-hybridized carbons (Fsp3) is 0.714. The van der Waals surface area contributed by atoms with Crippen LogP contribution in [0.3, 0.4) is 0 Å². The molecule has 3 aliphatic rings. The van der Waals surface area contributed by atoms with Gasteiger partial charge in [-0.1, -0.05) is 0 Å². The maximum Gasteiger partial charge on any atom is 0.274 e. The fourth-order valence-corrected chi connectivity index (χ4v) is 3.73. The Balaban J connectivity index is 0.00000132. The van der Waals surface area contributed by atoms with E-state index >= 15 is 0 Å². The van der Waals surface area contributed by atoms with E-state index < -0.39 is 0 Å². The normalized spacial score (nSPS) is 25.1. The Labute approximate surface area is 130 Å². The predicted molar refractivity (Wildman–Crippen MR) is 81.7 cm³/mol. The number of amides is 1. The van der Waals surface area contributed by atoms with Crippen LogP contribution in [0.2, 0.25) is 0 Å². The van der Waals surface area contributed by atoms with Crippen molar-refractivity contribution in [3.05, 3.63) is 17.0 Å².